The lowest BCUT2D eigenvalue weighted by atomic mass is 10.3. The number of hydrogen-bond acceptors (Lipinski definition) is 2. The van der Waals surface area contributed by atoms with Crippen LogP contribution in [0.4, 0.5) is 0 Å². The minimum Gasteiger partial charge on any atom is -0.310 e. The summed E-state index contributed by atoms with van der Waals surface area (Å²) in [6, 6.07) is 0. The number of hydrogen-bond donors (Lipinski definition) is 1. The van der Waals surface area contributed by atoms with Crippen molar-refractivity contribution in [1.82, 2.24) is 9.97 Å². The molecule has 13 heavy (non-hydrogen) atoms. The molecule has 0 spiro atoms. The minimum atomic E-state index is -0.108. The van der Waals surface area contributed by atoms with E-state index >= 15 is 0 Å². The molecule has 3 heteroatoms. The standard InChI is InChI=1S/C10H12N2O/c1-4-6-9-8(5-2)10(13)12-7(3)11-9/h4-6H,1H2,2-3H3,(H,11,12,13)/b8-5+,9-6+. The second-order valence-corrected chi connectivity index (χ2v) is 2.64. The fraction of sp³-hybridized carbons (Fsp3) is 0.200. The van der Waals surface area contributed by atoms with E-state index in [-0.39, 0.29) is 5.56 Å². The maximum Gasteiger partial charge on any atom is 0.258 e. The molecule has 0 aliphatic heterocycles. The molecule has 1 aromatic heterocycles. The Labute approximate surface area is 76.2 Å². The molecule has 0 aliphatic carbocycles. The third kappa shape index (κ3) is 1.93. The maximum absolute atomic E-state index is 11.4. The molecule has 0 aliphatic rings. The summed E-state index contributed by atoms with van der Waals surface area (Å²) in [6.07, 6.45) is 5.08. The zero-order valence-electron chi connectivity index (χ0n) is 7.79. The molecule has 0 bridgehead atoms. The van der Waals surface area contributed by atoms with E-state index in [0.29, 0.717) is 16.4 Å². The van der Waals surface area contributed by atoms with E-state index in [1.54, 1.807) is 25.2 Å². The van der Waals surface area contributed by atoms with Crippen LogP contribution in [0.25, 0.3) is 12.2 Å². The first-order valence-electron chi connectivity index (χ1n) is 4.05. The van der Waals surface area contributed by atoms with E-state index in [0.717, 1.165) is 0 Å². The number of nitrogens with zero attached hydrogens (tertiary/aromatic N) is 1. The van der Waals surface area contributed by atoms with Crippen molar-refractivity contribution in [3.8, 4) is 0 Å². The normalized spacial score (nSPS) is 13.4. The second-order valence-electron chi connectivity index (χ2n) is 2.64. The second kappa shape index (κ2) is 3.85. The molecule has 0 aromatic carbocycles. The van der Waals surface area contributed by atoms with Gasteiger partial charge in [-0.15, -0.1) is 0 Å². The average molecular weight is 176 g/mol. The van der Waals surface area contributed by atoms with Gasteiger partial charge in [-0.1, -0.05) is 18.7 Å². The van der Waals surface area contributed by atoms with Crippen molar-refractivity contribution in [3.63, 3.8) is 0 Å². The van der Waals surface area contributed by atoms with Crippen LogP contribution in [0.5, 0.6) is 0 Å². The van der Waals surface area contributed by atoms with E-state index in [9.17, 15) is 4.79 Å². The lowest BCUT2D eigenvalue weighted by Crippen LogP contribution is -2.43. The Kier molecular flexibility index (Phi) is 2.80. The van der Waals surface area contributed by atoms with Gasteiger partial charge in [0.05, 0.1) is 10.6 Å². The van der Waals surface area contributed by atoms with Crippen molar-refractivity contribution < 1.29 is 0 Å². The van der Waals surface area contributed by atoms with Crippen LogP contribution in [0.1, 0.15) is 12.7 Å². The Morgan fingerprint density at radius 3 is 2.77 bits per heavy atom. The molecule has 0 saturated carbocycles. The van der Waals surface area contributed by atoms with Crippen LogP contribution in [0.3, 0.4) is 0 Å². The Morgan fingerprint density at radius 2 is 2.23 bits per heavy atom. The zero-order valence-corrected chi connectivity index (χ0v) is 7.79. The van der Waals surface area contributed by atoms with Gasteiger partial charge in [-0.25, -0.2) is 4.98 Å². The maximum atomic E-state index is 11.4. The van der Waals surface area contributed by atoms with E-state index in [1.165, 1.54) is 0 Å². The molecule has 0 atom stereocenters. The van der Waals surface area contributed by atoms with Crippen LogP contribution in [-0.4, -0.2) is 9.97 Å². The van der Waals surface area contributed by atoms with Gasteiger partial charge in [-0.05, 0) is 19.9 Å². The summed E-state index contributed by atoms with van der Waals surface area (Å²) in [4.78, 5) is 18.2. The quantitative estimate of drug-likeness (QED) is 0.646. The smallest absolute Gasteiger partial charge is 0.258 e. The summed E-state index contributed by atoms with van der Waals surface area (Å²) in [5.41, 5.74) is -0.108. The summed E-state index contributed by atoms with van der Waals surface area (Å²) >= 11 is 0. The highest BCUT2D eigenvalue weighted by molar-refractivity contribution is 5.34. The summed E-state index contributed by atoms with van der Waals surface area (Å²) < 4.78 is 0. The van der Waals surface area contributed by atoms with E-state index in [2.05, 4.69) is 16.5 Å². The third-order valence-corrected chi connectivity index (χ3v) is 1.67. The number of aromatic amines is 1. The Balaban J connectivity index is 3.79. The number of aromatic nitrogens is 2. The van der Waals surface area contributed by atoms with Gasteiger partial charge < -0.3 is 4.98 Å². The van der Waals surface area contributed by atoms with Gasteiger partial charge in [0, 0.05) is 0 Å². The monoisotopic (exact) mass is 176 g/mol. The van der Waals surface area contributed by atoms with Crippen LogP contribution in [-0.2, 0) is 0 Å². The highest BCUT2D eigenvalue weighted by Gasteiger charge is 1.92. The lowest BCUT2D eigenvalue weighted by molar-refractivity contribution is 0.972. The molecule has 1 aromatic rings. The molecule has 0 amide bonds. The fourth-order valence-electron chi connectivity index (χ4n) is 1.13. The van der Waals surface area contributed by atoms with Gasteiger partial charge in [0.25, 0.3) is 5.56 Å². The van der Waals surface area contributed by atoms with Gasteiger partial charge in [-0.3, -0.25) is 4.79 Å². The summed E-state index contributed by atoms with van der Waals surface area (Å²) in [6.45, 7) is 7.13. The van der Waals surface area contributed by atoms with Crippen molar-refractivity contribution in [1.29, 1.82) is 0 Å². The SMILES string of the molecule is C=C/C=c1/nc(C)[nH]c(=O)/c1=C/C. The molecular formula is C10H12N2O. The summed E-state index contributed by atoms with van der Waals surface area (Å²) in [5.74, 6) is 0.615. The first-order chi connectivity index (χ1) is 6.19. The molecule has 0 fully saturated rings. The van der Waals surface area contributed by atoms with Crippen LogP contribution < -0.4 is 16.1 Å². The molecule has 68 valence electrons. The third-order valence-electron chi connectivity index (χ3n) is 1.67. The van der Waals surface area contributed by atoms with Crippen molar-refractivity contribution in [2.45, 2.75) is 13.8 Å². The number of allylic oxidation sites excluding steroid dienone is 1. The topological polar surface area (TPSA) is 45.8 Å². The summed E-state index contributed by atoms with van der Waals surface area (Å²) in [5, 5.41) is 1.25. The van der Waals surface area contributed by atoms with Gasteiger partial charge in [-0.2, -0.15) is 0 Å². The molecule has 0 unspecified atom stereocenters. The Bertz CT molecular complexity index is 483. The molecule has 0 saturated heterocycles. The minimum absolute atomic E-state index is 0.108. The zero-order chi connectivity index (χ0) is 9.84. The van der Waals surface area contributed by atoms with E-state index < -0.39 is 0 Å². The van der Waals surface area contributed by atoms with Crippen LogP contribution in [0, 0.1) is 6.92 Å². The van der Waals surface area contributed by atoms with Crippen LogP contribution in [0.2, 0.25) is 0 Å². The van der Waals surface area contributed by atoms with Gasteiger partial charge in [0.1, 0.15) is 5.82 Å². The average Bonchev–Trinajstić information content (AvgIpc) is 2.04. The number of H-pyrrole nitrogens is 1. The molecule has 1 rings (SSSR count). The van der Waals surface area contributed by atoms with Crippen molar-refractivity contribution in [3.05, 3.63) is 39.4 Å². The highest BCUT2D eigenvalue weighted by atomic mass is 16.1. The van der Waals surface area contributed by atoms with Gasteiger partial charge in [0.15, 0.2) is 0 Å². The van der Waals surface area contributed by atoms with E-state index in [4.69, 9.17) is 0 Å². The number of nitrogens with one attached hydrogen (secondary N) is 1. The fourth-order valence-corrected chi connectivity index (χ4v) is 1.13. The molecule has 0 radical (unpaired) electrons. The number of rotatable bonds is 1. The molecule has 3 nitrogen and oxygen atoms in total. The van der Waals surface area contributed by atoms with E-state index in [1.807, 2.05) is 6.92 Å². The number of aryl methyl sites for hydroxylation is 1. The predicted octanol–water partition coefficient (Wildman–Crippen LogP) is -0.155. The van der Waals surface area contributed by atoms with Crippen LogP contribution in [0.15, 0.2) is 17.4 Å². The molecule has 1 N–H and O–H groups in total. The summed E-state index contributed by atoms with van der Waals surface area (Å²) in [7, 11) is 0. The first-order valence-corrected chi connectivity index (χ1v) is 4.05. The first kappa shape index (κ1) is 9.45. The van der Waals surface area contributed by atoms with Gasteiger partial charge >= 0.3 is 0 Å². The lowest BCUT2D eigenvalue weighted by Gasteiger charge is -1.91. The molecular weight excluding hydrogens is 164 g/mol. The Morgan fingerprint density at radius 1 is 1.54 bits per heavy atom. The van der Waals surface area contributed by atoms with Crippen LogP contribution >= 0.6 is 0 Å². The predicted molar refractivity (Wildman–Crippen MR) is 53.6 cm³/mol. The van der Waals surface area contributed by atoms with Crippen molar-refractivity contribution in [2.24, 2.45) is 0 Å². The molecule has 1 heterocycles. The Hall–Kier alpha value is -1.64. The van der Waals surface area contributed by atoms with Gasteiger partial charge in [0.2, 0.25) is 0 Å². The largest absolute Gasteiger partial charge is 0.310 e. The van der Waals surface area contributed by atoms with Crippen molar-refractivity contribution >= 4 is 12.2 Å². The highest BCUT2D eigenvalue weighted by Crippen LogP contribution is 1.69. The van der Waals surface area contributed by atoms with Crippen molar-refractivity contribution in [2.75, 3.05) is 0 Å².